The molecule has 1 aromatic heterocycles. The molecule has 3 aromatic rings. The molecule has 2 aromatic carbocycles. The van der Waals surface area contributed by atoms with Gasteiger partial charge in [-0.15, -0.1) is 11.3 Å². The third-order valence-corrected chi connectivity index (χ3v) is 6.27. The fourth-order valence-electron chi connectivity index (χ4n) is 3.42. The van der Waals surface area contributed by atoms with Crippen molar-refractivity contribution in [2.45, 2.75) is 6.42 Å². The van der Waals surface area contributed by atoms with Crippen LogP contribution in [0.15, 0.2) is 53.9 Å². The van der Waals surface area contributed by atoms with Crippen LogP contribution in [0.1, 0.15) is 5.69 Å². The number of nitrogens with zero attached hydrogens (tertiary/aromatic N) is 3. The first-order valence-electron chi connectivity index (χ1n) is 10.0. The van der Waals surface area contributed by atoms with Crippen molar-refractivity contribution in [3.05, 3.63) is 69.7 Å². The summed E-state index contributed by atoms with van der Waals surface area (Å²) in [5.74, 6) is 0.0240. The first-order chi connectivity index (χ1) is 15.5. The summed E-state index contributed by atoms with van der Waals surface area (Å²) in [6, 6.07) is 14.2. The van der Waals surface area contributed by atoms with E-state index in [-0.39, 0.29) is 12.3 Å². The molecular weight excluding hydrogens is 469 g/mol. The number of benzene rings is 2. The number of thiazole rings is 1. The Kier molecular flexibility index (Phi) is 7.14. The van der Waals surface area contributed by atoms with E-state index in [9.17, 15) is 9.59 Å². The van der Waals surface area contributed by atoms with Gasteiger partial charge in [0.25, 0.3) is 0 Å². The highest BCUT2D eigenvalue weighted by Crippen LogP contribution is 2.22. The molecule has 1 saturated heterocycles. The largest absolute Gasteiger partial charge is 0.368 e. The molecule has 0 spiro atoms. The molecule has 1 aliphatic heterocycles. The van der Waals surface area contributed by atoms with Crippen LogP contribution in [0.25, 0.3) is 0 Å². The Morgan fingerprint density at radius 3 is 2.41 bits per heavy atom. The SMILES string of the molecule is O=C(Nc1cccc(Cl)c1)Nc1nc(CC(=O)N2CCN(c3cccc(Cl)c3)CC2)cs1. The van der Waals surface area contributed by atoms with Crippen LogP contribution < -0.4 is 15.5 Å². The molecule has 3 amide bonds. The number of rotatable bonds is 5. The lowest BCUT2D eigenvalue weighted by Crippen LogP contribution is -2.49. The number of nitrogens with one attached hydrogen (secondary N) is 2. The highest BCUT2D eigenvalue weighted by molar-refractivity contribution is 7.14. The van der Waals surface area contributed by atoms with E-state index < -0.39 is 6.03 Å². The third kappa shape index (κ3) is 5.91. The van der Waals surface area contributed by atoms with Crippen molar-refractivity contribution >= 4 is 63.0 Å². The molecule has 2 heterocycles. The summed E-state index contributed by atoms with van der Waals surface area (Å²) < 4.78 is 0. The van der Waals surface area contributed by atoms with Crippen molar-refractivity contribution in [2.24, 2.45) is 0 Å². The zero-order valence-electron chi connectivity index (χ0n) is 17.1. The molecule has 0 bridgehead atoms. The molecule has 0 aliphatic carbocycles. The molecule has 1 aliphatic rings. The van der Waals surface area contributed by atoms with Crippen LogP contribution in [0.5, 0.6) is 0 Å². The van der Waals surface area contributed by atoms with Gasteiger partial charge >= 0.3 is 6.03 Å². The second-order valence-corrected chi connectivity index (χ2v) is 8.99. The van der Waals surface area contributed by atoms with Crippen LogP contribution in [0.3, 0.4) is 0 Å². The summed E-state index contributed by atoms with van der Waals surface area (Å²) in [4.78, 5) is 33.3. The minimum Gasteiger partial charge on any atom is -0.368 e. The lowest BCUT2D eigenvalue weighted by Gasteiger charge is -2.36. The Labute approximate surface area is 200 Å². The van der Waals surface area contributed by atoms with E-state index in [1.807, 2.05) is 29.2 Å². The average molecular weight is 490 g/mol. The summed E-state index contributed by atoms with van der Waals surface area (Å²) in [7, 11) is 0. The summed E-state index contributed by atoms with van der Waals surface area (Å²) in [6.07, 6.45) is 0.200. The van der Waals surface area contributed by atoms with Gasteiger partial charge in [-0.3, -0.25) is 10.1 Å². The van der Waals surface area contributed by atoms with Crippen molar-refractivity contribution in [1.29, 1.82) is 0 Å². The Balaban J connectivity index is 1.26. The summed E-state index contributed by atoms with van der Waals surface area (Å²) in [6.45, 7) is 2.78. The van der Waals surface area contributed by atoms with Crippen LogP contribution in [-0.2, 0) is 11.2 Å². The fourth-order valence-corrected chi connectivity index (χ4v) is 4.50. The minimum atomic E-state index is -0.420. The lowest BCUT2D eigenvalue weighted by atomic mass is 10.2. The second-order valence-electron chi connectivity index (χ2n) is 7.26. The number of hydrogen-bond donors (Lipinski definition) is 2. The van der Waals surface area contributed by atoms with Gasteiger partial charge in [0.05, 0.1) is 12.1 Å². The molecule has 0 unspecified atom stereocenters. The highest BCUT2D eigenvalue weighted by atomic mass is 35.5. The fraction of sp³-hybridized carbons (Fsp3) is 0.227. The molecular formula is C22H21Cl2N5O2S. The molecule has 0 radical (unpaired) electrons. The zero-order valence-corrected chi connectivity index (χ0v) is 19.4. The lowest BCUT2D eigenvalue weighted by molar-refractivity contribution is -0.130. The van der Waals surface area contributed by atoms with E-state index in [1.54, 1.807) is 29.6 Å². The first kappa shape index (κ1) is 22.4. The van der Waals surface area contributed by atoms with Gasteiger partial charge in [0.1, 0.15) is 0 Å². The van der Waals surface area contributed by atoms with Crippen LogP contribution in [-0.4, -0.2) is 48.0 Å². The number of urea groups is 1. The van der Waals surface area contributed by atoms with Crippen LogP contribution in [0.2, 0.25) is 10.0 Å². The van der Waals surface area contributed by atoms with E-state index in [2.05, 4.69) is 20.5 Å². The Bertz CT molecular complexity index is 1110. The highest BCUT2D eigenvalue weighted by Gasteiger charge is 2.22. The maximum absolute atomic E-state index is 12.7. The van der Waals surface area contributed by atoms with Gasteiger partial charge in [0, 0.05) is 53.0 Å². The molecule has 10 heteroatoms. The van der Waals surface area contributed by atoms with Gasteiger partial charge in [-0.1, -0.05) is 35.3 Å². The van der Waals surface area contributed by atoms with Gasteiger partial charge in [-0.2, -0.15) is 0 Å². The monoisotopic (exact) mass is 489 g/mol. The summed E-state index contributed by atoms with van der Waals surface area (Å²) in [5.41, 5.74) is 2.28. The quantitative estimate of drug-likeness (QED) is 0.529. The number of piperazine rings is 1. The van der Waals surface area contributed by atoms with Crippen molar-refractivity contribution < 1.29 is 9.59 Å². The van der Waals surface area contributed by atoms with Gasteiger partial charge in [0.2, 0.25) is 5.91 Å². The third-order valence-electron chi connectivity index (χ3n) is 4.99. The van der Waals surface area contributed by atoms with Crippen molar-refractivity contribution in [2.75, 3.05) is 41.7 Å². The van der Waals surface area contributed by atoms with Gasteiger partial charge in [0.15, 0.2) is 5.13 Å². The molecule has 0 atom stereocenters. The van der Waals surface area contributed by atoms with E-state index in [4.69, 9.17) is 23.2 Å². The molecule has 2 N–H and O–H groups in total. The zero-order chi connectivity index (χ0) is 22.5. The van der Waals surface area contributed by atoms with E-state index in [0.717, 1.165) is 18.8 Å². The normalized spacial score (nSPS) is 13.7. The van der Waals surface area contributed by atoms with Crippen molar-refractivity contribution in [3.63, 3.8) is 0 Å². The van der Waals surface area contributed by atoms with Crippen LogP contribution in [0, 0.1) is 0 Å². The van der Waals surface area contributed by atoms with Gasteiger partial charge in [-0.05, 0) is 36.4 Å². The second kappa shape index (κ2) is 10.2. The van der Waals surface area contributed by atoms with Crippen LogP contribution >= 0.6 is 34.5 Å². The van der Waals surface area contributed by atoms with E-state index in [1.165, 1.54) is 11.3 Å². The number of hydrogen-bond acceptors (Lipinski definition) is 5. The smallest absolute Gasteiger partial charge is 0.325 e. The first-order valence-corrected chi connectivity index (χ1v) is 11.7. The van der Waals surface area contributed by atoms with E-state index in [0.29, 0.717) is 39.6 Å². The number of carbonyl (C=O) groups is 2. The number of amides is 3. The van der Waals surface area contributed by atoms with E-state index >= 15 is 0 Å². The predicted molar refractivity (Wildman–Crippen MR) is 130 cm³/mol. The molecule has 1 fully saturated rings. The van der Waals surface area contributed by atoms with Crippen LogP contribution in [0.4, 0.5) is 21.3 Å². The number of aromatic nitrogens is 1. The maximum Gasteiger partial charge on any atom is 0.325 e. The number of carbonyl (C=O) groups excluding carboxylic acids is 2. The summed E-state index contributed by atoms with van der Waals surface area (Å²) in [5, 5.41) is 8.83. The van der Waals surface area contributed by atoms with Crippen molar-refractivity contribution in [3.8, 4) is 0 Å². The average Bonchev–Trinajstić information content (AvgIpc) is 3.20. The number of anilines is 3. The summed E-state index contributed by atoms with van der Waals surface area (Å²) >= 11 is 13.3. The Morgan fingerprint density at radius 1 is 0.969 bits per heavy atom. The predicted octanol–water partition coefficient (Wildman–Crippen LogP) is 4.99. The van der Waals surface area contributed by atoms with Gasteiger partial charge in [-0.25, -0.2) is 9.78 Å². The molecule has 166 valence electrons. The van der Waals surface area contributed by atoms with Gasteiger partial charge < -0.3 is 15.1 Å². The topological polar surface area (TPSA) is 77.6 Å². The molecule has 0 saturated carbocycles. The molecule has 32 heavy (non-hydrogen) atoms. The standard InChI is InChI=1S/C22H21Cl2N5O2S/c23-15-3-1-5-17(11-15)25-21(31)27-22-26-18(14-32-22)13-20(30)29-9-7-28(8-10-29)19-6-2-4-16(24)12-19/h1-6,11-12,14H,7-10,13H2,(H2,25,26,27,31). The van der Waals surface area contributed by atoms with Crippen molar-refractivity contribution in [1.82, 2.24) is 9.88 Å². The Morgan fingerprint density at radius 2 is 1.69 bits per heavy atom. The maximum atomic E-state index is 12.7. The Hall–Kier alpha value is -2.81. The minimum absolute atomic E-state index is 0.0240. The molecule has 4 rings (SSSR count). The molecule has 7 nitrogen and oxygen atoms in total. The number of halogens is 2.